The van der Waals surface area contributed by atoms with Gasteiger partial charge < -0.3 is 15.5 Å². The van der Waals surface area contributed by atoms with Crippen LogP contribution in [0.25, 0.3) is 0 Å². The number of nitrogens with one attached hydrogen (secondary N) is 2. The van der Waals surface area contributed by atoms with Crippen molar-refractivity contribution in [2.75, 3.05) is 19.4 Å². The summed E-state index contributed by atoms with van der Waals surface area (Å²) in [5, 5.41) is 5.58. The van der Waals surface area contributed by atoms with Crippen LogP contribution < -0.4 is 10.6 Å². The van der Waals surface area contributed by atoms with E-state index in [-0.39, 0.29) is 6.03 Å². The Morgan fingerprint density at radius 3 is 2.16 bits per heavy atom. The zero-order valence-corrected chi connectivity index (χ0v) is 13.1. The summed E-state index contributed by atoms with van der Waals surface area (Å²) in [5.74, 6) is 0. The summed E-state index contributed by atoms with van der Waals surface area (Å²) >= 11 is 17.6. The Kier molecular flexibility index (Phi) is 5.59. The van der Waals surface area contributed by atoms with E-state index in [2.05, 4.69) is 10.6 Å². The second kappa shape index (κ2) is 6.55. The number of amides is 2. The van der Waals surface area contributed by atoms with E-state index in [9.17, 15) is 4.79 Å². The van der Waals surface area contributed by atoms with Crippen LogP contribution in [0.2, 0.25) is 0 Å². The van der Waals surface area contributed by atoms with E-state index < -0.39 is 9.96 Å². The fourth-order valence-electron chi connectivity index (χ4n) is 1.27. The minimum Gasteiger partial charge on any atom is -0.362 e. The van der Waals surface area contributed by atoms with Gasteiger partial charge in [0.25, 0.3) is 0 Å². The van der Waals surface area contributed by atoms with Crippen LogP contribution in [-0.2, 0) is 0 Å². The number of aryl methyl sites for hydroxylation is 1. The molecule has 0 aliphatic rings. The van der Waals surface area contributed by atoms with Gasteiger partial charge in [0.2, 0.25) is 3.79 Å². The van der Waals surface area contributed by atoms with E-state index in [1.165, 1.54) is 4.90 Å². The first-order valence-corrected chi connectivity index (χ1v) is 6.71. The first kappa shape index (κ1) is 16.2. The van der Waals surface area contributed by atoms with Crippen LogP contribution in [-0.4, -0.2) is 35.0 Å². The fourth-order valence-corrected chi connectivity index (χ4v) is 1.60. The Balaban J connectivity index is 2.81. The normalized spacial score (nSPS) is 12.7. The monoisotopic (exact) mass is 323 g/mol. The van der Waals surface area contributed by atoms with Gasteiger partial charge in [0.15, 0.2) is 0 Å². The fraction of sp³-hybridized carbons (Fsp3) is 0.417. The number of halogens is 3. The lowest BCUT2D eigenvalue weighted by Gasteiger charge is -2.28. The second-order valence-corrected chi connectivity index (χ2v) is 6.70. The molecule has 0 aliphatic carbocycles. The summed E-state index contributed by atoms with van der Waals surface area (Å²) in [6.45, 7) is 1.98. The number of alkyl halides is 3. The van der Waals surface area contributed by atoms with Gasteiger partial charge in [-0.05, 0) is 19.1 Å². The highest BCUT2D eigenvalue weighted by molar-refractivity contribution is 6.68. The molecule has 0 aliphatic heterocycles. The van der Waals surface area contributed by atoms with Gasteiger partial charge in [0.05, 0.1) is 0 Å². The van der Waals surface area contributed by atoms with E-state index in [0.717, 1.165) is 11.3 Å². The molecule has 1 unspecified atom stereocenters. The van der Waals surface area contributed by atoms with Gasteiger partial charge in [-0.1, -0.05) is 52.5 Å². The van der Waals surface area contributed by atoms with Gasteiger partial charge in [-0.15, -0.1) is 0 Å². The second-order valence-electron chi connectivity index (χ2n) is 4.33. The number of anilines is 1. The van der Waals surface area contributed by atoms with Crippen molar-refractivity contribution < 1.29 is 4.79 Å². The number of hydrogen-bond donors (Lipinski definition) is 2. The lowest BCUT2D eigenvalue weighted by atomic mass is 10.2. The molecule has 4 nitrogen and oxygen atoms in total. The van der Waals surface area contributed by atoms with Crippen LogP contribution >= 0.6 is 34.8 Å². The largest absolute Gasteiger partial charge is 0.362 e. The summed E-state index contributed by atoms with van der Waals surface area (Å²) < 4.78 is -1.67. The van der Waals surface area contributed by atoms with Gasteiger partial charge in [-0.25, -0.2) is 4.79 Å². The highest BCUT2D eigenvalue weighted by Crippen LogP contribution is 2.31. The molecule has 1 aromatic rings. The van der Waals surface area contributed by atoms with Crippen molar-refractivity contribution in [3.63, 3.8) is 0 Å². The van der Waals surface area contributed by atoms with Crippen molar-refractivity contribution in [1.29, 1.82) is 0 Å². The third-order valence-electron chi connectivity index (χ3n) is 2.36. The van der Waals surface area contributed by atoms with Crippen molar-refractivity contribution in [2.45, 2.75) is 16.9 Å². The van der Waals surface area contributed by atoms with Crippen LogP contribution in [0, 0.1) is 6.92 Å². The molecule has 0 heterocycles. The summed E-state index contributed by atoms with van der Waals surface area (Å²) in [4.78, 5) is 13.0. The number of carbonyl (C=O) groups is 1. The van der Waals surface area contributed by atoms with E-state index in [1.807, 2.05) is 31.2 Å². The topological polar surface area (TPSA) is 44.4 Å². The lowest BCUT2D eigenvalue weighted by molar-refractivity contribution is 0.214. The van der Waals surface area contributed by atoms with Crippen LogP contribution in [0.3, 0.4) is 0 Å². The molecule has 0 spiro atoms. The quantitative estimate of drug-likeness (QED) is 0.661. The number of rotatable bonds is 3. The Morgan fingerprint density at radius 1 is 1.21 bits per heavy atom. The molecule has 0 fully saturated rings. The molecule has 7 heteroatoms. The number of carbonyl (C=O) groups excluding carboxylic acids is 1. The van der Waals surface area contributed by atoms with Crippen LogP contribution in [0.5, 0.6) is 0 Å². The maximum absolute atomic E-state index is 11.6. The molecule has 106 valence electrons. The smallest absolute Gasteiger partial charge is 0.318 e. The zero-order chi connectivity index (χ0) is 14.6. The van der Waals surface area contributed by atoms with E-state index in [4.69, 9.17) is 34.8 Å². The number of benzene rings is 1. The first-order chi connectivity index (χ1) is 8.70. The SMILES string of the molecule is Cc1ccc(NC(NC(=O)N(C)C)C(Cl)(Cl)Cl)cc1. The molecule has 2 N–H and O–H groups in total. The molecular formula is C12H16Cl3N3O. The van der Waals surface area contributed by atoms with Crippen molar-refractivity contribution in [1.82, 2.24) is 10.2 Å². The summed E-state index contributed by atoms with van der Waals surface area (Å²) in [7, 11) is 3.22. The molecular weight excluding hydrogens is 309 g/mol. The maximum atomic E-state index is 11.6. The molecule has 1 rings (SSSR count). The Bertz CT molecular complexity index is 429. The van der Waals surface area contributed by atoms with Gasteiger partial charge in [0, 0.05) is 19.8 Å². The van der Waals surface area contributed by atoms with Crippen LogP contribution in [0.1, 0.15) is 5.56 Å². The predicted octanol–water partition coefficient (Wildman–Crippen LogP) is 3.37. The highest BCUT2D eigenvalue weighted by Gasteiger charge is 2.34. The molecule has 0 saturated carbocycles. The van der Waals surface area contributed by atoms with E-state index >= 15 is 0 Å². The summed E-state index contributed by atoms with van der Waals surface area (Å²) in [5.41, 5.74) is 1.87. The summed E-state index contributed by atoms with van der Waals surface area (Å²) in [6.07, 6.45) is -0.838. The molecule has 0 saturated heterocycles. The van der Waals surface area contributed by atoms with Gasteiger partial charge in [0.1, 0.15) is 6.17 Å². The van der Waals surface area contributed by atoms with Crippen molar-refractivity contribution in [3.05, 3.63) is 29.8 Å². The predicted molar refractivity (Wildman–Crippen MR) is 81.1 cm³/mol. The minimum absolute atomic E-state index is 0.351. The van der Waals surface area contributed by atoms with Crippen molar-refractivity contribution >= 4 is 46.5 Å². The number of urea groups is 1. The Hall–Kier alpha value is -0.840. The molecule has 1 aromatic carbocycles. The first-order valence-electron chi connectivity index (χ1n) is 5.58. The van der Waals surface area contributed by atoms with E-state index in [1.54, 1.807) is 14.1 Å². The average molecular weight is 325 g/mol. The van der Waals surface area contributed by atoms with Gasteiger partial charge in [-0.2, -0.15) is 0 Å². The summed E-state index contributed by atoms with van der Waals surface area (Å²) in [6, 6.07) is 7.19. The van der Waals surface area contributed by atoms with Crippen LogP contribution in [0.4, 0.5) is 10.5 Å². The lowest BCUT2D eigenvalue weighted by Crippen LogP contribution is -2.52. The van der Waals surface area contributed by atoms with Gasteiger partial charge in [-0.3, -0.25) is 0 Å². The van der Waals surface area contributed by atoms with E-state index in [0.29, 0.717) is 0 Å². The minimum atomic E-state index is -1.67. The maximum Gasteiger partial charge on any atom is 0.318 e. The van der Waals surface area contributed by atoms with Crippen LogP contribution in [0.15, 0.2) is 24.3 Å². The molecule has 19 heavy (non-hydrogen) atoms. The molecule has 2 amide bonds. The molecule has 0 bridgehead atoms. The third kappa shape index (κ3) is 5.35. The Labute approximate surface area is 128 Å². The molecule has 1 atom stereocenters. The van der Waals surface area contributed by atoms with Crippen molar-refractivity contribution in [3.8, 4) is 0 Å². The van der Waals surface area contributed by atoms with Gasteiger partial charge >= 0.3 is 6.03 Å². The standard InChI is InChI=1S/C12H16Cl3N3O/c1-8-4-6-9(7-5-8)16-10(12(13,14)15)17-11(19)18(2)3/h4-7,10,16H,1-3H3,(H,17,19). The molecule has 0 aromatic heterocycles. The average Bonchev–Trinajstić information content (AvgIpc) is 2.29. The number of hydrogen-bond acceptors (Lipinski definition) is 2. The zero-order valence-electron chi connectivity index (χ0n) is 10.9. The third-order valence-corrected chi connectivity index (χ3v) is 3.02. The Morgan fingerprint density at radius 2 is 1.74 bits per heavy atom. The number of nitrogens with zero attached hydrogens (tertiary/aromatic N) is 1. The molecule has 0 radical (unpaired) electrons. The highest BCUT2D eigenvalue weighted by atomic mass is 35.6. The van der Waals surface area contributed by atoms with Crippen molar-refractivity contribution in [2.24, 2.45) is 0 Å².